The molecule has 2 heterocycles. The van der Waals surface area contributed by atoms with Gasteiger partial charge < -0.3 is 10.3 Å². The van der Waals surface area contributed by atoms with Gasteiger partial charge in [0.2, 0.25) is 0 Å². The van der Waals surface area contributed by atoms with Gasteiger partial charge in [0.25, 0.3) is 5.91 Å². The number of hydrogen-bond acceptors (Lipinski definition) is 5. The number of rotatable bonds is 6. The molecular formula is C22H34ClN4O3S-. The Morgan fingerprint density at radius 3 is 2.35 bits per heavy atom. The minimum atomic E-state index is -2.15. The van der Waals surface area contributed by atoms with Crippen molar-refractivity contribution in [1.29, 1.82) is 0 Å². The monoisotopic (exact) mass is 469 g/mol. The van der Waals surface area contributed by atoms with Gasteiger partial charge in [-0.15, -0.1) is 0 Å². The number of halogens is 1. The summed E-state index contributed by atoms with van der Waals surface area (Å²) in [6.07, 6.45) is 3.24. The van der Waals surface area contributed by atoms with Crippen LogP contribution in [0.4, 0.5) is 0 Å². The maximum Gasteiger partial charge on any atom is 0.257 e. The van der Waals surface area contributed by atoms with Crippen LogP contribution in [0.15, 0.2) is 29.3 Å². The predicted molar refractivity (Wildman–Crippen MR) is 125 cm³/mol. The van der Waals surface area contributed by atoms with E-state index >= 15 is 0 Å². The molecule has 9 heteroatoms. The fourth-order valence-electron chi connectivity index (χ4n) is 4.08. The van der Waals surface area contributed by atoms with Gasteiger partial charge in [0.15, 0.2) is 5.96 Å². The predicted octanol–water partition coefficient (Wildman–Crippen LogP) is 3.36. The van der Waals surface area contributed by atoms with Gasteiger partial charge >= 0.3 is 0 Å². The highest BCUT2D eigenvalue weighted by Crippen LogP contribution is 2.30. The molecule has 0 spiro atoms. The fraction of sp³-hybridized carbons (Fsp3) is 0.636. The smallest absolute Gasteiger partial charge is 0.257 e. The molecule has 3 rings (SSSR count). The lowest BCUT2D eigenvalue weighted by molar-refractivity contribution is -0.131. The van der Waals surface area contributed by atoms with Gasteiger partial charge in [0, 0.05) is 35.9 Å². The Morgan fingerprint density at radius 2 is 1.87 bits per heavy atom. The van der Waals surface area contributed by atoms with E-state index in [1.54, 1.807) is 4.90 Å². The minimum Gasteiger partial charge on any atom is -0.760 e. The van der Waals surface area contributed by atoms with E-state index in [1.165, 1.54) is 9.87 Å². The summed E-state index contributed by atoms with van der Waals surface area (Å²) in [5, 5.41) is 0.812. The molecular weight excluding hydrogens is 436 g/mol. The van der Waals surface area contributed by atoms with Crippen molar-refractivity contribution in [3.63, 3.8) is 0 Å². The Hall–Kier alpha value is -1.48. The van der Waals surface area contributed by atoms with E-state index in [0.717, 1.165) is 24.3 Å². The number of guanidine groups is 1. The molecule has 0 aromatic heterocycles. The summed E-state index contributed by atoms with van der Waals surface area (Å²) < 4.78 is 23.3. The molecule has 1 fully saturated rings. The first-order chi connectivity index (χ1) is 14.6. The topological polar surface area (TPSA) is 102 Å². The quantitative estimate of drug-likeness (QED) is 0.645. The molecule has 0 aliphatic carbocycles. The summed E-state index contributed by atoms with van der Waals surface area (Å²) in [5.41, 5.74) is 6.54. The SMILES string of the molecule is CC(C)CC1(C)N=C(N)N(CC2CCN(S(=O)[O-])CC2)C1=O.CCc1ccc(Cl)cc1. The third kappa shape index (κ3) is 7.27. The van der Waals surface area contributed by atoms with Crippen molar-refractivity contribution in [2.24, 2.45) is 22.6 Å². The fourth-order valence-corrected chi connectivity index (χ4v) is 4.71. The Morgan fingerprint density at radius 1 is 1.29 bits per heavy atom. The number of carbonyl (C=O) groups excluding carboxylic acids is 1. The molecule has 2 aliphatic rings. The number of aliphatic imine (C=N–C) groups is 1. The van der Waals surface area contributed by atoms with Gasteiger partial charge in [-0.3, -0.25) is 13.9 Å². The molecule has 0 radical (unpaired) electrons. The van der Waals surface area contributed by atoms with Crippen molar-refractivity contribution in [3.8, 4) is 0 Å². The normalized spacial score (nSPS) is 23.5. The number of piperidine rings is 1. The summed E-state index contributed by atoms with van der Waals surface area (Å²) in [6, 6.07) is 7.92. The summed E-state index contributed by atoms with van der Waals surface area (Å²) in [6.45, 7) is 9.62. The van der Waals surface area contributed by atoms with Gasteiger partial charge in [-0.2, -0.15) is 0 Å². The van der Waals surface area contributed by atoms with Crippen LogP contribution in [-0.2, 0) is 22.5 Å². The summed E-state index contributed by atoms with van der Waals surface area (Å²) in [5.74, 6) is 0.885. The number of hydrogen-bond donors (Lipinski definition) is 1. The molecule has 1 amide bonds. The Balaban J connectivity index is 0.000000316. The van der Waals surface area contributed by atoms with Crippen LogP contribution < -0.4 is 5.73 Å². The number of nitrogens with zero attached hydrogens (tertiary/aromatic N) is 3. The van der Waals surface area contributed by atoms with Crippen molar-refractivity contribution in [3.05, 3.63) is 34.9 Å². The minimum absolute atomic E-state index is 0.0338. The van der Waals surface area contributed by atoms with Crippen LogP contribution in [0.1, 0.15) is 52.5 Å². The lowest BCUT2D eigenvalue weighted by Gasteiger charge is -2.34. The van der Waals surface area contributed by atoms with E-state index in [9.17, 15) is 13.6 Å². The van der Waals surface area contributed by atoms with Crippen molar-refractivity contribution >= 4 is 34.7 Å². The molecule has 174 valence electrons. The van der Waals surface area contributed by atoms with E-state index in [0.29, 0.717) is 37.9 Å². The molecule has 0 bridgehead atoms. The average molecular weight is 470 g/mol. The van der Waals surface area contributed by atoms with E-state index < -0.39 is 16.8 Å². The zero-order chi connectivity index (χ0) is 23.2. The van der Waals surface area contributed by atoms with Crippen LogP contribution in [0.5, 0.6) is 0 Å². The van der Waals surface area contributed by atoms with Crippen LogP contribution in [-0.4, -0.2) is 55.0 Å². The number of amides is 1. The standard InChI is InChI=1S/C14H26N4O3S.C8H9Cl/c1-10(2)8-14(3)12(19)18(13(15)16-14)9-11-4-6-17(7-5-11)22(20)21;1-2-7-3-5-8(9)6-4-7/h10-11H,4-9H2,1-3H3,(H2,15,16)(H,20,21);3-6H,2H2,1H3/p-1. The second-order valence-corrected chi connectivity index (χ2v) is 10.2. The molecule has 31 heavy (non-hydrogen) atoms. The Kier molecular flexibility index (Phi) is 9.48. The zero-order valence-corrected chi connectivity index (χ0v) is 20.4. The number of nitrogens with two attached hydrogens (primary N) is 1. The molecule has 2 atom stereocenters. The van der Waals surface area contributed by atoms with E-state index in [2.05, 4.69) is 25.8 Å². The first-order valence-corrected chi connectivity index (χ1v) is 12.2. The van der Waals surface area contributed by atoms with Gasteiger partial charge in [0.05, 0.1) is 0 Å². The van der Waals surface area contributed by atoms with E-state index in [4.69, 9.17) is 17.3 Å². The van der Waals surface area contributed by atoms with Gasteiger partial charge in [-0.1, -0.05) is 44.5 Å². The molecule has 7 nitrogen and oxygen atoms in total. The van der Waals surface area contributed by atoms with Gasteiger partial charge in [-0.05, 0) is 62.1 Å². The van der Waals surface area contributed by atoms with Crippen molar-refractivity contribution < 1.29 is 13.6 Å². The largest absolute Gasteiger partial charge is 0.760 e. The second kappa shape index (κ2) is 11.4. The zero-order valence-electron chi connectivity index (χ0n) is 18.8. The van der Waals surface area contributed by atoms with Crippen LogP contribution in [0, 0.1) is 11.8 Å². The first-order valence-electron chi connectivity index (χ1n) is 10.8. The first kappa shape index (κ1) is 25.8. The van der Waals surface area contributed by atoms with Crippen molar-refractivity contribution in [1.82, 2.24) is 9.21 Å². The molecule has 1 saturated heterocycles. The van der Waals surface area contributed by atoms with E-state index in [1.807, 2.05) is 31.2 Å². The van der Waals surface area contributed by atoms with Gasteiger partial charge in [0.1, 0.15) is 5.54 Å². The number of benzene rings is 1. The van der Waals surface area contributed by atoms with Crippen LogP contribution >= 0.6 is 11.6 Å². The Labute approximate surface area is 193 Å². The molecule has 0 saturated carbocycles. The Bertz CT molecular complexity index is 794. The summed E-state index contributed by atoms with van der Waals surface area (Å²) in [7, 11) is 0. The molecule has 2 unspecified atom stereocenters. The van der Waals surface area contributed by atoms with Crippen molar-refractivity contribution in [2.75, 3.05) is 19.6 Å². The molecule has 1 aromatic carbocycles. The van der Waals surface area contributed by atoms with E-state index in [-0.39, 0.29) is 11.8 Å². The second-order valence-electron chi connectivity index (χ2n) is 8.83. The van der Waals surface area contributed by atoms with Crippen molar-refractivity contribution in [2.45, 2.75) is 58.9 Å². The lowest BCUT2D eigenvalue weighted by Crippen LogP contribution is -2.47. The molecule has 2 aliphatic heterocycles. The maximum absolute atomic E-state index is 12.6. The van der Waals surface area contributed by atoms with Crippen LogP contribution in [0.2, 0.25) is 5.02 Å². The highest BCUT2D eigenvalue weighted by molar-refractivity contribution is 7.76. The number of aryl methyl sites for hydroxylation is 1. The van der Waals surface area contributed by atoms with Crippen LogP contribution in [0.3, 0.4) is 0 Å². The number of carbonyl (C=O) groups is 1. The maximum atomic E-state index is 12.6. The lowest BCUT2D eigenvalue weighted by atomic mass is 9.90. The highest BCUT2D eigenvalue weighted by atomic mass is 35.5. The summed E-state index contributed by atoms with van der Waals surface area (Å²) in [4.78, 5) is 18.6. The molecule has 1 aromatic rings. The molecule has 2 N–H and O–H groups in total. The summed E-state index contributed by atoms with van der Waals surface area (Å²) >= 11 is 3.52. The third-order valence-corrected chi connectivity index (χ3v) is 6.73. The van der Waals surface area contributed by atoms with Crippen LogP contribution in [0.25, 0.3) is 0 Å². The van der Waals surface area contributed by atoms with Gasteiger partial charge in [-0.25, -0.2) is 9.30 Å². The third-order valence-electron chi connectivity index (χ3n) is 5.70. The average Bonchev–Trinajstić information content (AvgIpc) is 2.91. The highest BCUT2D eigenvalue weighted by Gasteiger charge is 2.44.